The van der Waals surface area contributed by atoms with Crippen LogP contribution in [0.1, 0.15) is 22.8 Å². The molecule has 2 rings (SSSR count). The predicted molar refractivity (Wildman–Crippen MR) is 105 cm³/mol. The third kappa shape index (κ3) is 4.67. The van der Waals surface area contributed by atoms with Crippen molar-refractivity contribution >= 4 is 24.6 Å². The SMILES string of the molecule is C=c1cc(C)c(OC)c/c1=C(/N=CC)Oc1cc(OC)cc(C(=O)OC)c1. The molecule has 27 heavy (non-hydrogen) atoms. The lowest BCUT2D eigenvalue weighted by atomic mass is 10.1. The molecule has 0 aromatic heterocycles. The molecule has 0 spiro atoms. The van der Waals surface area contributed by atoms with E-state index in [0.29, 0.717) is 33.9 Å². The molecular formula is C21H23NO5. The van der Waals surface area contributed by atoms with E-state index in [1.165, 1.54) is 14.2 Å². The third-order valence-electron chi connectivity index (χ3n) is 3.85. The average Bonchev–Trinajstić information content (AvgIpc) is 2.67. The second kappa shape index (κ2) is 8.89. The summed E-state index contributed by atoms with van der Waals surface area (Å²) in [5.41, 5.74) is 1.27. The maximum atomic E-state index is 11.9. The molecule has 142 valence electrons. The Balaban J connectivity index is 2.65. The van der Waals surface area contributed by atoms with Crippen molar-refractivity contribution in [3.8, 4) is 17.2 Å². The predicted octanol–water partition coefficient (Wildman–Crippen LogP) is 2.44. The normalized spacial score (nSPS) is 11.9. The number of aliphatic imine (C=N–C) groups is 1. The molecule has 6 heteroatoms. The van der Waals surface area contributed by atoms with Gasteiger partial charge in [-0.25, -0.2) is 9.79 Å². The Morgan fingerprint density at radius 3 is 2.33 bits per heavy atom. The standard InChI is InChI=1S/C21H23NO5/c1-7-22-20(18-12-19(25-5)14(3)8-13(18)2)27-17-10-15(21(23)26-6)9-16(11-17)24-4/h7-12H,2H2,1,3-6H3/b20-18+,22-7?. The molecule has 0 saturated heterocycles. The van der Waals surface area contributed by atoms with Gasteiger partial charge in [0.05, 0.1) is 26.9 Å². The van der Waals surface area contributed by atoms with Crippen molar-refractivity contribution in [3.05, 3.63) is 51.9 Å². The van der Waals surface area contributed by atoms with Gasteiger partial charge in [-0.3, -0.25) is 0 Å². The van der Waals surface area contributed by atoms with Gasteiger partial charge >= 0.3 is 5.97 Å². The summed E-state index contributed by atoms with van der Waals surface area (Å²) in [6.45, 7) is 7.78. The van der Waals surface area contributed by atoms with Gasteiger partial charge in [-0.1, -0.05) is 6.58 Å². The molecule has 0 aliphatic rings. The van der Waals surface area contributed by atoms with Gasteiger partial charge in [0.15, 0.2) is 0 Å². The highest BCUT2D eigenvalue weighted by Gasteiger charge is 2.12. The van der Waals surface area contributed by atoms with Gasteiger partial charge < -0.3 is 18.9 Å². The summed E-state index contributed by atoms with van der Waals surface area (Å²) < 4.78 is 21.4. The zero-order valence-corrected chi connectivity index (χ0v) is 16.2. The van der Waals surface area contributed by atoms with Crippen LogP contribution in [0.5, 0.6) is 17.2 Å². The molecule has 0 aliphatic carbocycles. The number of carbonyl (C=O) groups is 1. The Morgan fingerprint density at radius 2 is 1.74 bits per heavy atom. The summed E-state index contributed by atoms with van der Waals surface area (Å²) in [5, 5.41) is 1.42. The minimum atomic E-state index is -0.492. The summed E-state index contributed by atoms with van der Waals surface area (Å²) in [6.07, 6.45) is 1.61. The molecule has 0 aliphatic heterocycles. The second-order valence-corrected chi connectivity index (χ2v) is 5.66. The zero-order chi connectivity index (χ0) is 20.0. The van der Waals surface area contributed by atoms with Crippen LogP contribution in [0.4, 0.5) is 0 Å². The summed E-state index contributed by atoms with van der Waals surface area (Å²) in [6, 6.07) is 8.51. The van der Waals surface area contributed by atoms with E-state index in [2.05, 4.69) is 11.6 Å². The topological polar surface area (TPSA) is 66.3 Å². The van der Waals surface area contributed by atoms with Crippen LogP contribution < -0.4 is 24.6 Å². The number of nitrogens with zero attached hydrogens (tertiary/aromatic N) is 1. The van der Waals surface area contributed by atoms with Crippen molar-refractivity contribution in [2.45, 2.75) is 13.8 Å². The molecule has 0 amide bonds. The van der Waals surface area contributed by atoms with Gasteiger partial charge in [0.2, 0.25) is 5.88 Å². The molecule has 0 N–H and O–H groups in total. The maximum absolute atomic E-state index is 11.9. The molecule has 0 radical (unpaired) electrons. The highest BCUT2D eigenvalue weighted by molar-refractivity contribution is 5.90. The quantitative estimate of drug-likeness (QED) is 0.578. The average molecular weight is 369 g/mol. The van der Waals surface area contributed by atoms with Crippen molar-refractivity contribution in [1.29, 1.82) is 0 Å². The first-order valence-corrected chi connectivity index (χ1v) is 8.25. The Kier molecular flexibility index (Phi) is 6.60. The van der Waals surface area contributed by atoms with E-state index < -0.39 is 5.97 Å². The Morgan fingerprint density at radius 1 is 1.04 bits per heavy atom. The van der Waals surface area contributed by atoms with Crippen molar-refractivity contribution < 1.29 is 23.7 Å². The van der Waals surface area contributed by atoms with Crippen LogP contribution in [0.3, 0.4) is 0 Å². The lowest BCUT2D eigenvalue weighted by molar-refractivity contribution is 0.0600. The fraction of sp³-hybridized carbons (Fsp3) is 0.238. The number of hydrogen-bond acceptors (Lipinski definition) is 6. The van der Waals surface area contributed by atoms with Gasteiger partial charge in [0.25, 0.3) is 0 Å². The van der Waals surface area contributed by atoms with E-state index in [1.807, 2.05) is 19.1 Å². The molecule has 2 aromatic carbocycles. The number of rotatable bonds is 6. The van der Waals surface area contributed by atoms with Gasteiger partial charge in [-0.05, 0) is 48.9 Å². The number of esters is 1. The summed E-state index contributed by atoms with van der Waals surface area (Å²) in [4.78, 5) is 16.2. The summed E-state index contributed by atoms with van der Waals surface area (Å²) in [5.74, 6) is 1.38. The van der Waals surface area contributed by atoms with Crippen molar-refractivity contribution in [2.75, 3.05) is 21.3 Å². The maximum Gasteiger partial charge on any atom is 0.338 e. The van der Waals surface area contributed by atoms with Crippen LogP contribution in [0, 0.1) is 6.92 Å². The summed E-state index contributed by atoms with van der Waals surface area (Å²) in [7, 11) is 4.42. The fourth-order valence-corrected chi connectivity index (χ4v) is 2.53. The zero-order valence-electron chi connectivity index (χ0n) is 16.2. The first kappa shape index (κ1) is 20.0. The third-order valence-corrected chi connectivity index (χ3v) is 3.85. The molecule has 6 nitrogen and oxygen atoms in total. The molecule has 0 atom stereocenters. The van der Waals surface area contributed by atoms with Gasteiger partial charge in [0.1, 0.15) is 17.2 Å². The van der Waals surface area contributed by atoms with E-state index in [0.717, 1.165) is 10.8 Å². The van der Waals surface area contributed by atoms with E-state index in [-0.39, 0.29) is 0 Å². The number of hydrogen-bond donors (Lipinski definition) is 0. The van der Waals surface area contributed by atoms with Gasteiger partial charge in [0, 0.05) is 17.5 Å². The van der Waals surface area contributed by atoms with Crippen LogP contribution in [-0.4, -0.2) is 33.5 Å². The number of aryl methyl sites for hydroxylation is 1. The lowest BCUT2D eigenvalue weighted by Gasteiger charge is -2.11. The first-order valence-electron chi connectivity index (χ1n) is 8.25. The van der Waals surface area contributed by atoms with Crippen molar-refractivity contribution in [2.24, 2.45) is 4.99 Å². The Hall–Kier alpha value is -3.28. The highest BCUT2D eigenvalue weighted by Crippen LogP contribution is 2.25. The van der Waals surface area contributed by atoms with Crippen LogP contribution in [0.25, 0.3) is 12.5 Å². The summed E-state index contributed by atoms with van der Waals surface area (Å²) >= 11 is 0. The van der Waals surface area contributed by atoms with E-state index in [9.17, 15) is 4.79 Å². The van der Waals surface area contributed by atoms with Crippen LogP contribution >= 0.6 is 0 Å². The Labute approximate surface area is 158 Å². The van der Waals surface area contributed by atoms with E-state index >= 15 is 0 Å². The van der Waals surface area contributed by atoms with Crippen molar-refractivity contribution in [3.63, 3.8) is 0 Å². The van der Waals surface area contributed by atoms with Gasteiger partial charge in [-0.2, -0.15) is 0 Å². The molecule has 0 bridgehead atoms. The van der Waals surface area contributed by atoms with Crippen LogP contribution in [0.2, 0.25) is 0 Å². The number of benzene rings is 2. The van der Waals surface area contributed by atoms with Crippen LogP contribution in [-0.2, 0) is 4.74 Å². The minimum absolute atomic E-state index is 0.308. The Bertz CT molecular complexity index is 979. The highest BCUT2D eigenvalue weighted by atomic mass is 16.5. The molecule has 0 heterocycles. The lowest BCUT2D eigenvalue weighted by Crippen LogP contribution is -2.27. The molecular weight excluding hydrogens is 346 g/mol. The number of methoxy groups -OCH3 is 3. The van der Waals surface area contributed by atoms with Gasteiger partial charge in [-0.15, -0.1) is 0 Å². The molecule has 2 aromatic rings. The minimum Gasteiger partial charge on any atom is -0.497 e. The van der Waals surface area contributed by atoms with E-state index in [1.54, 1.807) is 38.4 Å². The molecule has 0 unspecified atom stereocenters. The second-order valence-electron chi connectivity index (χ2n) is 5.66. The monoisotopic (exact) mass is 369 g/mol. The van der Waals surface area contributed by atoms with Crippen LogP contribution in [0.15, 0.2) is 35.3 Å². The van der Waals surface area contributed by atoms with E-state index in [4.69, 9.17) is 18.9 Å². The molecule has 0 saturated carbocycles. The molecule has 0 fully saturated rings. The number of ether oxygens (including phenoxy) is 4. The number of carbonyl (C=O) groups excluding carboxylic acids is 1. The smallest absolute Gasteiger partial charge is 0.338 e. The fourth-order valence-electron chi connectivity index (χ4n) is 2.53. The van der Waals surface area contributed by atoms with Crippen molar-refractivity contribution in [1.82, 2.24) is 0 Å². The largest absolute Gasteiger partial charge is 0.497 e. The first-order chi connectivity index (χ1) is 12.9.